The summed E-state index contributed by atoms with van der Waals surface area (Å²) in [4.78, 5) is 8.01. The Kier molecular flexibility index (Phi) is 9.50. The van der Waals surface area contributed by atoms with Crippen molar-refractivity contribution in [2.45, 2.75) is 51.9 Å². The van der Waals surface area contributed by atoms with Crippen LogP contribution in [0, 0.1) is 5.92 Å². The first kappa shape index (κ1) is 19.2. The quantitative estimate of drug-likeness (QED) is 0.813. The van der Waals surface area contributed by atoms with Gasteiger partial charge in [0, 0.05) is 45.8 Å². The Bertz CT molecular complexity index is 291. The van der Waals surface area contributed by atoms with Crippen molar-refractivity contribution in [3.63, 3.8) is 0 Å². The van der Waals surface area contributed by atoms with Crippen LogP contribution in [-0.2, 0) is 0 Å². The number of hydrogen-bond donors (Lipinski definition) is 1. The van der Waals surface area contributed by atoms with Crippen molar-refractivity contribution in [1.82, 2.24) is 14.7 Å². The first-order valence-electron chi connectivity index (χ1n) is 10.2. The van der Waals surface area contributed by atoms with E-state index < -0.39 is 0 Å². The molecule has 0 radical (unpaired) electrons. The molecule has 136 valence electrons. The minimum atomic E-state index is 0.791. The molecule has 0 unspecified atom stereocenters. The summed E-state index contributed by atoms with van der Waals surface area (Å²) in [6.07, 6.45) is 9.90. The van der Waals surface area contributed by atoms with E-state index in [9.17, 15) is 0 Å². The van der Waals surface area contributed by atoms with Gasteiger partial charge in [-0.1, -0.05) is 26.2 Å². The molecule has 1 aliphatic heterocycles. The molecule has 2 aliphatic rings. The molecule has 1 aliphatic carbocycles. The molecular weight excluding hydrogens is 284 g/mol. The van der Waals surface area contributed by atoms with Crippen LogP contribution >= 0.6 is 0 Å². The van der Waals surface area contributed by atoms with Gasteiger partial charge in [0.2, 0.25) is 0 Å². The summed E-state index contributed by atoms with van der Waals surface area (Å²) in [6.45, 7) is 14.2. The molecule has 1 heterocycles. The fraction of sp³-hybridized carbons (Fsp3) is 1.00. The van der Waals surface area contributed by atoms with Crippen LogP contribution < -0.4 is 5.73 Å². The highest BCUT2D eigenvalue weighted by atomic mass is 15.2. The first-order chi connectivity index (χ1) is 11.3. The molecule has 0 atom stereocenters. The number of nitrogens with zero attached hydrogens (tertiary/aromatic N) is 3. The van der Waals surface area contributed by atoms with Gasteiger partial charge in [-0.15, -0.1) is 0 Å². The zero-order chi connectivity index (χ0) is 16.3. The van der Waals surface area contributed by atoms with E-state index in [0.717, 1.165) is 19.0 Å². The Labute approximate surface area is 144 Å². The maximum Gasteiger partial charge on any atom is 0.0110 e. The topological polar surface area (TPSA) is 35.7 Å². The SMILES string of the molecule is CCCN1CCN(CCN)CCCN(CC2CCCCC2)CC1. The second kappa shape index (κ2) is 11.4. The molecule has 4 nitrogen and oxygen atoms in total. The Balaban J connectivity index is 1.86. The van der Waals surface area contributed by atoms with Crippen LogP contribution in [-0.4, -0.2) is 80.1 Å². The average Bonchev–Trinajstić information content (AvgIpc) is 2.57. The van der Waals surface area contributed by atoms with Crippen molar-refractivity contribution in [2.75, 3.05) is 65.4 Å². The standard InChI is InChI=1S/C19H40N4/c1-2-10-21-14-15-22(13-9-20)11-6-12-23(17-16-21)18-19-7-4-3-5-8-19/h19H,2-18,20H2,1H3. The summed E-state index contributed by atoms with van der Waals surface area (Å²) >= 11 is 0. The van der Waals surface area contributed by atoms with Crippen LogP contribution in [0.4, 0.5) is 0 Å². The van der Waals surface area contributed by atoms with E-state index in [1.54, 1.807) is 0 Å². The third-order valence-corrected chi connectivity index (χ3v) is 5.64. The van der Waals surface area contributed by atoms with Crippen LogP contribution in [0.5, 0.6) is 0 Å². The molecule has 0 aromatic carbocycles. The maximum absolute atomic E-state index is 5.80. The molecule has 2 N–H and O–H groups in total. The molecule has 23 heavy (non-hydrogen) atoms. The van der Waals surface area contributed by atoms with Gasteiger partial charge in [0.25, 0.3) is 0 Å². The largest absolute Gasteiger partial charge is 0.329 e. The molecule has 2 fully saturated rings. The molecular formula is C19H40N4. The van der Waals surface area contributed by atoms with E-state index in [0.29, 0.717) is 0 Å². The fourth-order valence-corrected chi connectivity index (χ4v) is 4.28. The Morgan fingerprint density at radius 2 is 1.35 bits per heavy atom. The van der Waals surface area contributed by atoms with Crippen molar-refractivity contribution < 1.29 is 0 Å². The molecule has 1 saturated carbocycles. The molecule has 0 aromatic rings. The Hall–Kier alpha value is -0.160. The third kappa shape index (κ3) is 7.51. The molecule has 1 saturated heterocycles. The van der Waals surface area contributed by atoms with Crippen molar-refractivity contribution in [1.29, 1.82) is 0 Å². The third-order valence-electron chi connectivity index (χ3n) is 5.64. The van der Waals surface area contributed by atoms with Crippen molar-refractivity contribution in [3.05, 3.63) is 0 Å². The summed E-state index contributed by atoms with van der Waals surface area (Å²) in [5.74, 6) is 0.964. The highest BCUT2D eigenvalue weighted by Crippen LogP contribution is 2.24. The Morgan fingerprint density at radius 1 is 0.739 bits per heavy atom. The lowest BCUT2D eigenvalue weighted by molar-refractivity contribution is 0.133. The fourth-order valence-electron chi connectivity index (χ4n) is 4.28. The lowest BCUT2D eigenvalue weighted by Crippen LogP contribution is -2.45. The smallest absolute Gasteiger partial charge is 0.0110 e. The summed E-state index contributed by atoms with van der Waals surface area (Å²) in [5, 5.41) is 0. The predicted octanol–water partition coefficient (Wildman–Crippen LogP) is 2.25. The zero-order valence-corrected chi connectivity index (χ0v) is 15.5. The minimum Gasteiger partial charge on any atom is -0.329 e. The number of hydrogen-bond acceptors (Lipinski definition) is 4. The van der Waals surface area contributed by atoms with Crippen LogP contribution in [0.1, 0.15) is 51.9 Å². The molecule has 4 heteroatoms. The summed E-state index contributed by atoms with van der Waals surface area (Å²) < 4.78 is 0. The van der Waals surface area contributed by atoms with Gasteiger partial charge in [0.15, 0.2) is 0 Å². The second-order valence-corrected chi connectivity index (χ2v) is 7.63. The van der Waals surface area contributed by atoms with E-state index in [4.69, 9.17) is 5.73 Å². The number of nitrogens with two attached hydrogens (primary N) is 1. The van der Waals surface area contributed by atoms with Crippen LogP contribution in [0.15, 0.2) is 0 Å². The monoisotopic (exact) mass is 324 g/mol. The van der Waals surface area contributed by atoms with E-state index in [2.05, 4.69) is 21.6 Å². The van der Waals surface area contributed by atoms with Gasteiger partial charge in [-0.3, -0.25) is 0 Å². The lowest BCUT2D eigenvalue weighted by Gasteiger charge is -2.35. The van der Waals surface area contributed by atoms with Gasteiger partial charge in [0.1, 0.15) is 0 Å². The van der Waals surface area contributed by atoms with Crippen LogP contribution in [0.25, 0.3) is 0 Å². The van der Waals surface area contributed by atoms with E-state index in [1.165, 1.54) is 97.3 Å². The van der Waals surface area contributed by atoms with Gasteiger partial charge < -0.3 is 20.4 Å². The number of rotatable bonds is 6. The lowest BCUT2D eigenvalue weighted by atomic mass is 9.89. The van der Waals surface area contributed by atoms with E-state index in [-0.39, 0.29) is 0 Å². The zero-order valence-electron chi connectivity index (χ0n) is 15.5. The molecule has 0 amide bonds. The predicted molar refractivity (Wildman–Crippen MR) is 99.9 cm³/mol. The van der Waals surface area contributed by atoms with Crippen LogP contribution in [0.3, 0.4) is 0 Å². The van der Waals surface area contributed by atoms with E-state index in [1.807, 2.05) is 0 Å². The normalized spacial score (nSPS) is 24.8. The van der Waals surface area contributed by atoms with Gasteiger partial charge in [-0.05, 0) is 51.2 Å². The van der Waals surface area contributed by atoms with Gasteiger partial charge in [-0.2, -0.15) is 0 Å². The van der Waals surface area contributed by atoms with Gasteiger partial charge >= 0.3 is 0 Å². The summed E-state index contributed by atoms with van der Waals surface area (Å²) in [5.41, 5.74) is 5.80. The second-order valence-electron chi connectivity index (χ2n) is 7.63. The van der Waals surface area contributed by atoms with Gasteiger partial charge in [-0.25, -0.2) is 0 Å². The highest BCUT2D eigenvalue weighted by Gasteiger charge is 2.19. The highest BCUT2D eigenvalue weighted by molar-refractivity contribution is 4.74. The summed E-state index contributed by atoms with van der Waals surface area (Å²) in [7, 11) is 0. The molecule has 2 rings (SSSR count). The Morgan fingerprint density at radius 3 is 2.00 bits per heavy atom. The molecule has 0 aromatic heterocycles. The van der Waals surface area contributed by atoms with E-state index >= 15 is 0 Å². The van der Waals surface area contributed by atoms with Crippen molar-refractivity contribution in [3.8, 4) is 0 Å². The summed E-state index contributed by atoms with van der Waals surface area (Å²) in [6, 6.07) is 0. The average molecular weight is 325 g/mol. The molecule has 0 spiro atoms. The molecule has 0 bridgehead atoms. The van der Waals surface area contributed by atoms with Crippen molar-refractivity contribution in [2.24, 2.45) is 11.7 Å². The van der Waals surface area contributed by atoms with Crippen LogP contribution in [0.2, 0.25) is 0 Å². The van der Waals surface area contributed by atoms with Crippen molar-refractivity contribution >= 4 is 0 Å². The maximum atomic E-state index is 5.80. The minimum absolute atomic E-state index is 0.791. The van der Waals surface area contributed by atoms with Gasteiger partial charge in [0.05, 0.1) is 0 Å². The first-order valence-corrected chi connectivity index (χ1v) is 10.2.